The summed E-state index contributed by atoms with van der Waals surface area (Å²) in [6.45, 7) is 17.2. The Bertz CT molecular complexity index is 613. The second-order valence-corrected chi connectivity index (χ2v) is 12.2. The number of ether oxygens (including phenoxy) is 2. The molecule has 6 unspecified atom stereocenters. The van der Waals surface area contributed by atoms with E-state index in [0.717, 1.165) is 35.5 Å². The summed E-state index contributed by atoms with van der Waals surface area (Å²) in [5.41, 5.74) is 1.04. The molecule has 1 heterocycles. The molecule has 0 aromatic carbocycles. The van der Waals surface area contributed by atoms with E-state index in [9.17, 15) is 0 Å². The van der Waals surface area contributed by atoms with E-state index in [4.69, 9.17) is 9.47 Å². The van der Waals surface area contributed by atoms with Crippen LogP contribution in [0.2, 0.25) is 0 Å². The van der Waals surface area contributed by atoms with Crippen molar-refractivity contribution in [2.45, 2.75) is 105 Å². The van der Waals surface area contributed by atoms with Gasteiger partial charge in [0.2, 0.25) is 0 Å². The lowest BCUT2D eigenvalue weighted by Gasteiger charge is -2.65. The zero-order valence-electron chi connectivity index (χ0n) is 18.8. The highest BCUT2D eigenvalue weighted by molar-refractivity contribution is 5.14. The summed E-state index contributed by atoms with van der Waals surface area (Å²) in [6, 6.07) is 0. The molecular formula is C25H42O2. The molecule has 1 aliphatic heterocycles. The maximum Gasteiger partial charge on any atom is 0.163 e. The molecule has 5 rings (SSSR count). The van der Waals surface area contributed by atoms with Crippen LogP contribution in [0.4, 0.5) is 0 Å². The van der Waals surface area contributed by atoms with Gasteiger partial charge in [-0.25, -0.2) is 0 Å². The second-order valence-electron chi connectivity index (χ2n) is 12.2. The van der Waals surface area contributed by atoms with Gasteiger partial charge in [-0.1, -0.05) is 34.6 Å². The Kier molecular flexibility index (Phi) is 4.03. The van der Waals surface area contributed by atoms with E-state index in [0.29, 0.717) is 29.0 Å². The molecule has 2 nitrogen and oxygen atoms in total. The van der Waals surface area contributed by atoms with Crippen molar-refractivity contribution >= 4 is 0 Å². The van der Waals surface area contributed by atoms with Crippen molar-refractivity contribution in [3.05, 3.63) is 0 Å². The molecule has 0 amide bonds. The van der Waals surface area contributed by atoms with Crippen molar-refractivity contribution in [2.75, 3.05) is 0 Å². The summed E-state index contributed by atoms with van der Waals surface area (Å²) >= 11 is 0. The quantitative estimate of drug-likeness (QED) is 0.496. The van der Waals surface area contributed by atoms with Gasteiger partial charge in [-0.15, -0.1) is 0 Å². The molecule has 5 aliphatic rings. The van der Waals surface area contributed by atoms with E-state index in [1.54, 1.807) is 0 Å². The summed E-state index contributed by atoms with van der Waals surface area (Å²) in [5.74, 6) is 5.51. The third kappa shape index (κ3) is 2.38. The van der Waals surface area contributed by atoms with Crippen LogP contribution in [-0.2, 0) is 9.47 Å². The van der Waals surface area contributed by atoms with Crippen LogP contribution in [0.5, 0.6) is 0 Å². The van der Waals surface area contributed by atoms with Gasteiger partial charge in [0.1, 0.15) is 0 Å². The Morgan fingerprint density at radius 3 is 2.11 bits per heavy atom. The number of hydrogen-bond acceptors (Lipinski definition) is 2. The highest BCUT2D eigenvalue weighted by Gasteiger charge is 2.66. The molecule has 1 saturated heterocycles. The van der Waals surface area contributed by atoms with Crippen molar-refractivity contribution in [1.29, 1.82) is 0 Å². The summed E-state index contributed by atoms with van der Waals surface area (Å²) in [7, 11) is 0. The van der Waals surface area contributed by atoms with Crippen LogP contribution in [-0.4, -0.2) is 18.0 Å². The third-order valence-corrected chi connectivity index (χ3v) is 11.0. The predicted octanol–water partition coefficient (Wildman–Crippen LogP) is 6.29. The number of fused-ring (bicyclic) bond motifs is 7. The fourth-order valence-corrected chi connectivity index (χ4v) is 9.36. The normalized spacial score (nSPS) is 61.7. The van der Waals surface area contributed by atoms with E-state index in [-0.39, 0.29) is 0 Å². The van der Waals surface area contributed by atoms with Crippen molar-refractivity contribution in [2.24, 2.45) is 52.3 Å². The van der Waals surface area contributed by atoms with Gasteiger partial charge in [0.15, 0.2) is 5.79 Å². The molecule has 154 valence electrons. The fourth-order valence-electron chi connectivity index (χ4n) is 9.36. The molecule has 4 aliphatic carbocycles. The van der Waals surface area contributed by atoms with Gasteiger partial charge in [0, 0.05) is 0 Å². The highest BCUT2D eigenvalue weighted by atomic mass is 16.8. The molecule has 0 N–H and O–H groups in total. The van der Waals surface area contributed by atoms with Crippen LogP contribution >= 0.6 is 0 Å². The first-order valence-corrected chi connectivity index (χ1v) is 11.9. The first-order valence-electron chi connectivity index (χ1n) is 11.9. The maximum absolute atomic E-state index is 6.59. The van der Waals surface area contributed by atoms with Crippen LogP contribution in [0.1, 0.15) is 87.0 Å². The third-order valence-electron chi connectivity index (χ3n) is 11.0. The monoisotopic (exact) mass is 374 g/mol. The lowest BCUT2D eigenvalue weighted by atomic mass is 9.40. The first kappa shape index (κ1) is 18.9. The molecule has 0 spiro atoms. The standard InChI is InChI=1S/C25H42O2/c1-14-8-9-17-20-15(2)16(3)21-22-19(26-23(4,5)27-22)11-13-25(21,7)18(20)10-12-24(14,17)6/h14-22H,8-13H2,1-7H3/t14-,15?,16?,17?,18?,19-,20?,21?,22+,24+,25+/m0/s1. The number of hydrogen-bond donors (Lipinski definition) is 0. The van der Waals surface area contributed by atoms with Crippen LogP contribution in [0.3, 0.4) is 0 Å². The van der Waals surface area contributed by atoms with E-state index in [1.807, 2.05) is 0 Å². The van der Waals surface area contributed by atoms with Gasteiger partial charge < -0.3 is 9.47 Å². The largest absolute Gasteiger partial charge is 0.345 e. The Hall–Kier alpha value is -0.0800. The van der Waals surface area contributed by atoms with E-state index in [1.165, 1.54) is 38.5 Å². The Morgan fingerprint density at radius 2 is 1.37 bits per heavy atom. The number of rotatable bonds is 0. The predicted molar refractivity (Wildman–Crippen MR) is 109 cm³/mol. The smallest absolute Gasteiger partial charge is 0.163 e. The van der Waals surface area contributed by atoms with Crippen molar-refractivity contribution < 1.29 is 9.47 Å². The average molecular weight is 375 g/mol. The zero-order chi connectivity index (χ0) is 19.4. The fraction of sp³-hybridized carbons (Fsp3) is 1.00. The summed E-state index contributed by atoms with van der Waals surface area (Å²) in [6.07, 6.45) is 9.03. The minimum absolute atomic E-state index is 0.313. The molecule has 0 aromatic rings. The van der Waals surface area contributed by atoms with Gasteiger partial charge in [0.25, 0.3) is 0 Å². The molecule has 4 saturated carbocycles. The van der Waals surface area contributed by atoms with Gasteiger partial charge in [-0.3, -0.25) is 0 Å². The second kappa shape index (κ2) is 5.75. The first-order chi connectivity index (χ1) is 12.6. The topological polar surface area (TPSA) is 18.5 Å². The highest BCUT2D eigenvalue weighted by Crippen LogP contribution is 2.70. The van der Waals surface area contributed by atoms with Gasteiger partial charge in [-0.05, 0) is 105 Å². The molecule has 0 aromatic heterocycles. The molecule has 11 atom stereocenters. The lowest BCUT2D eigenvalue weighted by Crippen LogP contribution is -2.62. The summed E-state index contributed by atoms with van der Waals surface area (Å²) in [4.78, 5) is 0. The van der Waals surface area contributed by atoms with Gasteiger partial charge in [0.05, 0.1) is 12.2 Å². The van der Waals surface area contributed by atoms with Crippen molar-refractivity contribution in [1.82, 2.24) is 0 Å². The van der Waals surface area contributed by atoms with E-state index < -0.39 is 5.79 Å². The molecule has 0 bridgehead atoms. The Balaban J connectivity index is 1.53. The minimum atomic E-state index is -0.396. The van der Waals surface area contributed by atoms with Crippen molar-refractivity contribution in [3.8, 4) is 0 Å². The maximum atomic E-state index is 6.59. The Labute approximate surface area is 167 Å². The Morgan fingerprint density at radius 1 is 0.704 bits per heavy atom. The minimum Gasteiger partial charge on any atom is -0.345 e. The SMILES string of the molecule is CC1C(C)C2[C@@H]3OC(C)(C)O[C@H]3CC[C@]2(C)C2CC[C@@]3(C)C(CC[C@@H]3C)C12. The van der Waals surface area contributed by atoms with Crippen molar-refractivity contribution in [3.63, 3.8) is 0 Å². The van der Waals surface area contributed by atoms with E-state index in [2.05, 4.69) is 48.5 Å². The molecule has 2 heteroatoms. The van der Waals surface area contributed by atoms with Gasteiger partial charge in [-0.2, -0.15) is 0 Å². The molecule has 27 heavy (non-hydrogen) atoms. The van der Waals surface area contributed by atoms with Crippen LogP contribution in [0.15, 0.2) is 0 Å². The summed E-state index contributed by atoms with van der Waals surface area (Å²) < 4.78 is 12.9. The lowest BCUT2D eigenvalue weighted by molar-refractivity contribution is -0.201. The molecule has 0 radical (unpaired) electrons. The molecule has 5 fully saturated rings. The van der Waals surface area contributed by atoms with Crippen LogP contribution in [0, 0.1) is 52.3 Å². The van der Waals surface area contributed by atoms with Gasteiger partial charge >= 0.3 is 0 Å². The van der Waals surface area contributed by atoms with Crippen LogP contribution < -0.4 is 0 Å². The molecular weight excluding hydrogens is 332 g/mol. The average Bonchev–Trinajstić information content (AvgIpc) is 3.07. The van der Waals surface area contributed by atoms with E-state index >= 15 is 0 Å². The van der Waals surface area contributed by atoms with Crippen LogP contribution in [0.25, 0.3) is 0 Å². The summed E-state index contributed by atoms with van der Waals surface area (Å²) in [5, 5.41) is 0. The zero-order valence-corrected chi connectivity index (χ0v) is 18.8.